The van der Waals surface area contributed by atoms with Gasteiger partial charge in [-0.15, -0.1) is 0 Å². The van der Waals surface area contributed by atoms with Crippen molar-refractivity contribution in [1.29, 1.82) is 5.26 Å². The monoisotopic (exact) mass is 256 g/mol. The second kappa shape index (κ2) is 5.32. The van der Waals surface area contributed by atoms with Crippen LogP contribution >= 0.6 is 0 Å². The van der Waals surface area contributed by atoms with Crippen molar-refractivity contribution in [1.82, 2.24) is 5.32 Å². The zero-order chi connectivity index (χ0) is 13.1. The largest absolute Gasteiger partial charge is 0.381 e. The predicted molar refractivity (Wildman–Crippen MR) is 73.7 cm³/mol. The lowest BCUT2D eigenvalue weighted by Crippen LogP contribution is -2.51. The lowest BCUT2D eigenvalue weighted by atomic mass is 9.62. The highest BCUT2D eigenvalue weighted by molar-refractivity contribution is 5.36. The molecule has 0 radical (unpaired) electrons. The van der Waals surface area contributed by atoms with Crippen molar-refractivity contribution in [3.63, 3.8) is 0 Å². The quantitative estimate of drug-likeness (QED) is 0.898. The van der Waals surface area contributed by atoms with E-state index in [1.807, 2.05) is 18.2 Å². The molecule has 1 heterocycles. The highest BCUT2D eigenvalue weighted by atomic mass is 16.5. The molecule has 1 aromatic carbocycles. The number of nitriles is 1. The molecule has 0 aromatic heterocycles. The van der Waals surface area contributed by atoms with Crippen molar-refractivity contribution in [3.8, 4) is 6.07 Å². The van der Waals surface area contributed by atoms with Gasteiger partial charge < -0.3 is 10.1 Å². The number of rotatable bonds is 4. The second-order valence-corrected chi connectivity index (χ2v) is 5.80. The fraction of sp³-hybridized carbons (Fsp3) is 0.562. The summed E-state index contributed by atoms with van der Waals surface area (Å²) in [5.41, 5.74) is 0.908. The van der Waals surface area contributed by atoms with Crippen molar-refractivity contribution < 1.29 is 4.74 Å². The van der Waals surface area contributed by atoms with Gasteiger partial charge in [0.2, 0.25) is 0 Å². The molecule has 19 heavy (non-hydrogen) atoms. The van der Waals surface area contributed by atoms with Gasteiger partial charge in [-0.25, -0.2) is 0 Å². The van der Waals surface area contributed by atoms with Crippen LogP contribution in [0, 0.1) is 17.2 Å². The molecule has 1 unspecified atom stereocenters. The smallest absolute Gasteiger partial charge is 0.0852 e. The van der Waals surface area contributed by atoms with Gasteiger partial charge in [0.1, 0.15) is 0 Å². The number of benzene rings is 1. The summed E-state index contributed by atoms with van der Waals surface area (Å²) in [4.78, 5) is 0. The highest BCUT2D eigenvalue weighted by Gasteiger charge is 2.45. The third-order valence-electron chi connectivity index (χ3n) is 4.45. The van der Waals surface area contributed by atoms with Crippen LogP contribution in [-0.4, -0.2) is 25.8 Å². The minimum absolute atomic E-state index is 0.259. The molecule has 0 spiro atoms. The maximum atomic E-state index is 9.49. The molecule has 0 bridgehead atoms. The summed E-state index contributed by atoms with van der Waals surface area (Å²) in [6, 6.07) is 13.2. The van der Waals surface area contributed by atoms with Gasteiger partial charge in [0.05, 0.1) is 18.1 Å². The molecule has 0 amide bonds. The summed E-state index contributed by atoms with van der Waals surface area (Å²) in [6.07, 6.45) is 3.03. The zero-order valence-electron chi connectivity index (χ0n) is 11.1. The molecule has 1 saturated heterocycles. The van der Waals surface area contributed by atoms with Crippen molar-refractivity contribution in [2.24, 2.45) is 5.92 Å². The maximum Gasteiger partial charge on any atom is 0.0852 e. The van der Waals surface area contributed by atoms with Crippen LogP contribution in [0.25, 0.3) is 0 Å². The Morgan fingerprint density at radius 2 is 2.11 bits per heavy atom. The van der Waals surface area contributed by atoms with E-state index in [-0.39, 0.29) is 5.41 Å². The van der Waals surface area contributed by atoms with Gasteiger partial charge in [-0.3, -0.25) is 0 Å². The first-order valence-electron chi connectivity index (χ1n) is 7.10. The molecule has 1 N–H and O–H groups in total. The van der Waals surface area contributed by atoms with Crippen LogP contribution in [0.4, 0.5) is 0 Å². The molecule has 1 atom stereocenters. The van der Waals surface area contributed by atoms with Crippen LogP contribution in [-0.2, 0) is 10.2 Å². The van der Waals surface area contributed by atoms with E-state index in [1.165, 1.54) is 12.0 Å². The molecule has 3 nitrogen and oxygen atoms in total. The number of hydrogen-bond donors (Lipinski definition) is 1. The Kier molecular flexibility index (Phi) is 3.54. The molecule has 2 aliphatic rings. The summed E-state index contributed by atoms with van der Waals surface area (Å²) in [5, 5.41) is 13.1. The van der Waals surface area contributed by atoms with E-state index in [1.54, 1.807) is 0 Å². The normalized spacial score (nSPS) is 33.6. The van der Waals surface area contributed by atoms with Crippen molar-refractivity contribution in [3.05, 3.63) is 35.9 Å². The average Bonchev–Trinajstić information content (AvgIpc) is 2.92. The molecule has 2 fully saturated rings. The third-order valence-corrected chi connectivity index (χ3v) is 4.45. The number of nitrogens with one attached hydrogen (secondary N) is 1. The number of hydrogen-bond acceptors (Lipinski definition) is 3. The lowest BCUT2D eigenvalue weighted by molar-refractivity contribution is 0.177. The Labute approximate surface area is 114 Å². The minimum atomic E-state index is -0.259. The van der Waals surface area contributed by atoms with Crippen LogP contribution in [0.5, 0.6) is 0 Å². The summed E-state index contributed by atoms with van der Waals surface area (Å²) in [5.74, 6) is 0.661. The van der Waals surface area contributed by atoms with Crippen molar-refractivity contribution in [2.75, 3.05) is 19.8 Å². The fourth-order valence-electron chi connectivity index (χ4n) is 3.15. The van der Waals surface area contributed by atoms with Crippen LogP contribution in [0.1, 0.15) is 24.8 Å². The second-order valence-electron chi connectivity index (χ2n) is 5.80. The summed E-state index contributed by atoms with van der Waals surface area (Å²) in [7, 11) is 0. The Hall–Kier alpha value is -1.37. The molecular weight excluding hydrogens is 236 g/mol. The van der Waals surface area contributed by atoms with E-state index in [4.69, 9.17) is 4.74 Å². The third kappa shape index (κ3) is 2.51. The van der Waals surface area contributed by atoms with E-state index in [0.717, 1.165) is 32.6 Å². The number of ether oxygens (including phenoxy) is 1. The van der Waals surface area contributed by atoms with Gasteiger partial charge in [0, 0.05) is 19.2 Å². The molecule has 1 saturated carbocycles. The van der Waals surface area contributed by atoms with E-state index < -0.39 is 0 Å². The van der Waals surface area contributed by atoms with Gasteiger partial charge in [0.25, 0.3) is 0 Å². The Balaban J connectivity index is 1.54. The van der Waals surface area contributed by atoms with Gasteiger partial charge in [0.15, 0.2) is 0 Å². The van der Waals surface area contributed by atoms with Crippen LogP contribution < -0.4 is 5.32 Å². The SMILES string of the molecule is N#CC1(c2ccccc2)CC(NCC2CCOC2)C1. The summed E-state index contributed by atoms with van der Waals surface area (Å²) < 4.78 is 5.38. The lowest BCUT2D eigenvalue weighted by Gasteiger charge is -2.43. The molecule has 3 heteroatoms. The standard InChI is InChI=1S/C16H20N2O/c17-12-16(14-4-2-1-3-5-14)8-15(9-16)18-10-13-6-7-19-11-13/h1-5,13,15,18H,6-11H2. The Morgan fingerprint density at radius 1 is 1.32 bits per heavy atom. The average molecular weight is 256 g/mol. The molecule has 1 aliphatic heterocycles. The Bertz CT molecular complexity index is 453. The van der Waals surface area contributed by atoms with Gasteiger partial charge >= 0.3 is 0 Å². The highest BCUT2D eigenvalue weighted by Crippen LogP contribution is 2.43. The molecular formula is C16H20N2O. The molecule has 3 rings (SSSR count). The first-order valence-corrected chi connectivity index (χ1v) is 7.10. The van der Waals surface area contributed by atoms with Crippen LogP contribution in [0.3, 0.4) is 0 Å². The first kappa shape index (κ1) is 12.7. The predicted octanol–water partition coefficient (Wildman–Crippen LogP) is 2.24. The Morgan fingerprint density at radius 3 is 2.74 bits per heavy atom. The number of nitrogens with zero attached hydrogens (tertiary/aromatic N) is 1. The summed E-state index contributed by atoms with van der Waals surface area (Å²) in [6.45, 7) is 2.83. The van der Waals surface area contributed by atoms with Crippen molar-refractivity contribution >= 4 is 0 Å². The van der Waals surface area contributed by atoms with Crippen LogP contribution in [0.2, 0.25) is 0 Å². The molecule has 1 aliphatic carbocycles. The van der Waals surface area contributed by atoms with E-state index in [9.17, 15) is 5.26 Å². The zero-order valence-corrected chi connectivity index (χ0v) is 11.1. The van der Waals surface area contributed by atoms with Gasteiger partial charge in [-0.1, -0.05) is 30.3 Å². The van der Waals surface area contributed by atoms with E-state index >= 15 is 0 Å². The fourth-order valence-corrected chi connectivity index (χ4v) is 3.15. The molecule has 100 valence electrons. The topological polar surface area (TPSA) is 45.0 Å². The molecule has 1 aromatic rings. The van der Waals surface area contributed by atoms with Gasteiger partial charge in [-0.05, 0) is 30.7 Å². The van der Waals surface area contributed by atoms with Gasteiger partial charge in [-0.2, -0.15) is 5.26 Å². The minimum Gasteiger partial charge on any atom is -0.381 e. The van der Waals surface area contributed by atoms with Crippen LogP contribution in [0.15, 0.2) is 30.3 Å². The van der Waals surface area contributed by atoms with E-state index in [2.05, 4.69) is 23.5 Å². The first-order chi connectivity index (χ1) is 9.32. The van der Waals surface area contributed by atoms with Crippen molar-refractivity contribution in [2.45, 2.75) is 30.7 Å². The maximum absolute atomic E-state index is 9.49. The van der Waals surface area contributed by atoms with E-state index in [0.29, 0.717) is 12.0 Å². The summed E-state index contributed by atoms with van der Waals surface area (Å²) >= 11 is 0.